The van der Waals surface area contributed by atoms with Crippen molar-refractivity contribution in [2.45, 2.75) is 33.3 Å². The molecule has 0 bridgehead atoms. The van der Waals surface area contributed by atoms with Gasteiger partial charge in [-0.15, -0.1) is 0 Å². The van der Waals surface area contributed by atoms with Gasteiger partial charge in [0.1, 0.15) is 5.75 Å². The second kappa shape index (κ2) is 6.50. The Morgan fingerprint density at radius 2 is 1.89 bits per heavy atom. The van der Waals surface area contributed by atoms with E-state index in [2.05, 4.69) is 19.2 Å². The Kier molecular flexibility index (Phi) is 5.28. The molecule has 0 fully saturated rings. The van der Waals surface area contributed by atoms with Gasteiger partial charge < -0.3 is 20.5 Å². The number of hydrogen-bond acceptors (Lipinski definition) is 4. The topological polar surface area (TPSA) is 56.5 Å². The standard InChI is InChI=1S/C14H24N2O2/c1-5-17-13-8-11(15)7-12(9-13)16-10-14(3,4)18-6-2/h7-9,16H,5-6,10,15H2,1-4H3. The number of hydrogen-bond donors (Lipinski definition) is 2. The number of ether oxygens (including phenoxy) is 2. The van der Waals surface area contributed by atoms with Crippen molar-refractivity contribution in [3.8, 4) is 5.75 Å². The van der Waals surface area contributed by atoms with Crippen molar-refractivity contribution >= 4 is 11.4 Å². The second-order valence-corrected chi connectivity index (χ2v) is 4.77. The quantitative estimate of drug-likeness (QED) is 0.733. The van der Waals surface area contributed by atoms with Crippen molar-refractivity contribution in [1.29, 1.82) is 0 Å². The lowest BCUT2D eigenvalue weighted by Crippen LogP contribution is -2.33. The largest absolute Gasteiger partial charge is 0.494 e. The highest BCUT2D eigenvalue weighted by Gasteiger charge is 2.17. The third-order valence-electron chi connectivity index (χ3n) is 2.49. The van der Waals surface area contributed by atoms with Crippen molar-refractivity contribution in [2.75, 3.05) is 30.8 Å². The number of nitrogens with two attached hydrogens (primary N) is 1. The van der Waals surface area contributed by atoms with Gasteiger partial charge in [-0.3, -0.25) is 0 Å². The van der Waals surface area contributed by atoms with Crippen LogP contribution < -0.4 is 15.8 Å². The van der Waals surface area contributed by atoms with E-state index in [4.69, 9.17) is 15.2 Å². The van der Waals surface area contributed by atoms with Gasteiger partial charge >= 0.3 is 0 Å². The predicted molar refractivity (Wildman–Crippen MR) is 76.2 cm³/mol. The minimum Gasteiger partial charge on any atom is -0.494 e. The molecule has 0 aliphatic heterocycles. The Labute approximate surface area is 109 Å². The molecule has 0 aliphatic rings. The van der Waals surface area contributed by atoms with Crippen molar-refractivity contribution in [2.24, 2.45) is 0 Å². The maximum absolute atomic E-state index is 5.84. The molecular weight excluding hydrogens is 228 g/mol. The summed E-state index contributed by atoms with van der Waals surface area (Å²) in [6.45, 7) is 10.1. The average molecular weight is 252 g/mol. The van der Waals surface area contributed by atoms with E-state index in [-0.39, 0.29) is 5.60 Å². The lowest BCUT2D eigenvalue weighted by molar-refractivity contribution is 0.000694. The molecule has 1 rings (SSSR count). The SMILES string of the molecule is CCOc1cc(N)cc(NCC(C)(C)OCC)c1. The molecule has 1 aromatic rings. The van der Waals surface area contributed by atoms with Gasteiger partial charge in [0.15, 0.2) is 0 Å². The van der Waals surface area contributed by atoms with E-state index in [1.807, 2.05) is 32.0 Å². The van der Waals surface area contributed by atoms with E-state index in [9.17, 15) is 0 Å². The van der Waals surface area contributed by atoms with Crippen LogP contribution in [0.3, 0.4) is 0 Å². The number of rotatable bonds is 7. The van der Waals surface area contributed by atoms with Gasteiger partial charge in [-0.05, 0) is 33.8 Å². The first-order valence-corrected chi connectivity index (χ1v) is 6.38. The smallest absolute Gasteiger partial charge is 0.123 e. The van der Waals surface area contributed by atoms with Gasteiger partial charge in [0.05, 0.1) is 12.2 Å². The zero-order valence-corrected chi connectivity index (χ0v) is 11.7. The van der Waals surface area contributed by atoms with Crippen LogP contribution in [0, 0.1) is 0 Å². The van der Waals surface area contributed by atoms with E-state index in [0.717, 1.165) is 18.0 Å². The highest BCUT2D eigenvalue weighted by Crippen LogP contribution is 2.23. The summed E-state index contributed by atoms with van der Waals surface area (Å²) in [6.07, 6.45) is 0. The maximum Gasteiger partial charge on any atom is 0.123 e. The van der Waals surface area contributed by atoms with Crippen LogP contribution in [0.4, 0.5) is 11.4 Å². The highest BCUT2D eigenvalue weighted by molar-refractivity contribution is 5.59. The van der Waals surface area contributed by atoms with Crippen molar-refractivity contribution in [3.63, 3.8) is 0 Å². The lowest BCUT2D eigenvalue weighted by Gasteiger charge is -2.25. The molecule has 0 aromatic heterocycles. The van der Waals surface area contributed by atoms with Crippen molar-refractivity contribution in [3.05, 3.63) is 18.2 Å². The summed E-state index contributed by atoms with van der Waals surface area (Å²) in [5, 5.41) is 3.32. The number of nitrogen functional groups attached to an aromatic ring is 1. The minimum atomic E-state index is -0.203. The molecule has 0 spiro atoms. The summed E-state index contributed by atoms with van der Waals surface area (Å²) in [6, 6.07) is 5.66. The van der Waals surface area contributed by atoms with E-state index in [1.165, 1.54) is 0 Å². The molecule has 0 radical (unpaired) electrons. The molecule has 4 heteroatoms. The van der Waals surface area contributed by atoms with E-state index < -0.39 is 0 Å². The van der Waals surface area contributed by atoms with Crippen LogP contribution >= 0.6 is 0 Å². The van der Waals surface area contributed by atoms with Crippen LogP contribution in [0.25, 0.3) is 0 Å². The number of nitrogens with one attached hydrogen (secondary N) is 1. The molecule has 0 aliphatic carbocycles. The van der Waals surface area contributed by atoms with Gasteiger partial charge in [-0.1, -0.05) is 0 Å². The fraction of sp³-hybridized carbons (Fsp3) is 0.571. The van der Waals surface area contributed by atoms with Gasteiger partial charge in [0.2, 0.25) is 0 Å². The minimum absolute atomic E-state index is 0.203. The fourth-order valence-corrected chi connectivity index (χ4v) is 1.73. The zero-order chi connectivity index (χ0) is 13.6. The van der Waals surface area contributed by atoms with Gasteiger partial charge in [0.25, 0.3) is 0 Å². The molecular formula is C14H24N2O2. The lowest BCUT2D eigenvalue weighted by atomic mass is 10.1. The van der Waals surface area contributed by atoms with Crippen LogP contribution in [-0.4, -0.2) is 25.4 Å². The van der Waals surface area contributed by atoms with E-state index in [1.54, 1.807) is 0 Å². The number of anilines is 2. The summed E-state index contributed by atoms with van der Waals surface area (Å²) >= 11 is 0. The molecule has 1 aromatic carbocycles. The molecule has 0 saturated heterocycles. The summed E-state index contributed by atoms with van der Waals surface area (Å²) in [5.41, 5.74) is 7.28. The van der Waals surface area contributed by atoms with Crippen LogP contribution in [0.2, 0.25) is 0 Å². The molecule has 4 nitrogen and oxygen atoms in total. The van der Waals surface area contributed by atoms with Crippen LogP contribution in [0.1, 0.15) is 27.7 Å². The number of benzene rings is 1. The van der Waals surface area contributed by atoms with Gasteiger partial charge in [0, 0.05) is 36.7 Å². The Bertz CT molecular complexity index is 378. The molecule has 0 saturated carbocycles. The van der Waals surface area contributed by atoms with Gasteiger partial charge in [-0.2, -0.15) is 0 Å². The molecule has 18 heavy (non-hydrogen) atoms. The van der Waals surface area contributed by atoms with E-state index >= 15 is 0 Å². The second-order valence-electron chi connectivity index (χ2n) is 4.77. The van der Waals surface area contributed by atoms with E-state index in [0.29, 0.717) is 18.9 Å². The molecule has 102 valence electrons. The monoisotopic (exact) mass is 252 g/mol. The first-order valence-electron chi connectivity index (χ1n) is 6.38. The first kappa shape index (κ1) is 14.6. The zero-order valence-electron chi connectivity index (χ0n) is 11.7. The third-order valence-corrected chi connectivity index (χ3v) is 2.49. The molecule has 0 unspecified atom stereocenters. The fourth-order valence-electron chi connectivity index (χ4n) is 1.73. The molecule has 0 atom stereocenters. The van der Waals surface area contributed by atoms with Crippen molar-refractivity contribution < 1.29 is 9.47 Å². The molecule has 3 N–H and O–H groups in total. The summed E-state index contributed by atoms with van der Waals surface area (Å²) < 4.78 is 11.1. The maximum atomic E-state index is 5.84. The average Bonchev–Trinajstić information content (AvgIpc) is 2.26. The summed E-state index contributed by atoms with van der Waals surface area (Å²) in [5.74, 6) is 0.786. The van der Waals surface area contributed by atoms with Crippen LogP contribution in [0.5, 0.6) is 5.75 Å². The van der Waals surface area contributed by atoms with Crippen LogP contribution in [0.15, 0.2) is 18.2 Å². The third kappa shape index (κ3) is 4.84. The Balaban J connectivity index is 2.66. The Morgan fingerprint density at radius 3 is 2.50 bits per heavy atom. The van der Waals surface area contributed by atoms with Gasteiger partial charge in [-0.25, -0.2) is 0 Å². The summed E-state index contributed by atoms with van der Waals surface area (Å²) in [7, 11) is 0. The predicted octanol–water partition coefficient (Wildman–Crippen LogP) is 2.89. The normalized spacial score (nSPS) is 11.3. The Hall–Kier alpha value is -1.42. The summed E-state index contributed by atoms with van der Waals surface area (Å²) in [4.78, 5) is 0. The highest BCUT2D eigenvalue weighted by atomic mass is 16.5. The van der Waals surface area contributed by atoms with Crippen molar-refractivity contribution in [1.82, 2.24) is 0 Å². The first-order chi connectivity index (χ1) is 8.46. The Morgan fingerprint density at radius 1 is 1.17 bits per heavy atom. The molecule has 0 amide bonds. The van der Waals surface area contributed by atoms with Crippen LogP contribution in [-0.2, 0) is 4.74 Å². The molecule has 0 heterocycles.